The predicted octanol–water partition coefficient (Wildman–Crippen LogP) is 3.87. The highest BCUT2D eigenvalue weighted by Crippen LogP contribution is 2.17. The number of carbonyl (C=O) groups is 1. The lowest BCUT2D eigenvalue weighted by molar-refractivity contribution is 0.0472. The monoisotopic (exact) mass is 425 g/mol. The van der Waals surface area contributed by atoms with Gasteiger partial charge in [-0.05, 0) is 47.5 Å². The molecular formula is C23H23NO5S. The molecule has 0 fully saturated rings. The zero-order chi connectivity index (χ0) is 21.6. The molecule has 0 aromatic heterocycles. The van der Waals surface area contributed by atoms with Crippen LogP contribution in [0.15, 0.2) is 83.8 Å². The van der Waals surface area contributed by atoms with Gasteiger partial charge in [0.25, 0.3) is 0 Å². The van der Waals surface area contributed by atoms with Crippen molar-refractivity contribution in [2.45, 2.75) is 18.1 Å². The Morgan fingerprint density at radius 3 is 2.20 bits per heavy atom. The second-order valence-electron chi connectivity index (χ2n) is 6.81. The van der Waals surface area contributed by atoms with Gasteiger partial charge in [-0.3, -0.25) is 0 Å². The highest BCUT2D eigenvalue weighted by molar-refractivity contribution is 7.89. The first-order chi connectivity index (χ1) is 14.4. The molecule has 0 heterocycles. The summed E-state index contributed by atoms with van der Waals surface area (Å²) in [7, 11) is -0.602. The summed E-state index contributed by atoms with van der Waals surface area (Å²) in [5.41, 5.74) is 1.94. The molecule has 0 saturated carbocycles. The maximum Gasteiger partial charge on any atom is 0.338 e. The first-order valence-electron chi connectivity index (χ1n) is 9.31. The van der Waals surface area contributed by atoms with Gasteiger partial charge < -0.3 is 9.47 Å². The van der Waals surface area contributed by atoms with E-state index in [1.165, 1.54) is 26.2 Å². The van der Waals surface area contributed by atoms with Crippen LogP contribution in [-0.2, 0) is 28.0 Å². The minimum absolute atomic E-state index is 0.0194. The molecule has 7 heteroatoms. The van der Waals surface area contributed by atoms with Gasteiger partial charge in [0.1, 0.15) is 19.0 Å². The Balaban J connectivity index is 1.57. The van der Waals surface area contributed by atoms with Gasteiger partial charge in [0.05, 0.1) is 10.5 Å². The van der Waals surface area contributed by atoms with E-state index in [9.17, 15) is 13.2 Å². The van der Waals surface area contributed by atoms with Gasteiger partial charge in [0.2, 0.25) is 10.0 Å². The van der Waals surface area contributed by atoms with Crippen molar-refractivity contribution in [1.29, 1.82) is 0 Å². The molecule has 0 aliphatic heterocycles. The van der Waals surface area contributed by atoms with Gasteiger partial charge in [-0.25, -0.2) is 17.5 Å². The fraction of sp³-hybridized carbons (Fsp3) is 0.174. The van der Waals surface area contributed by atoms with Gasteiger partial charge in [-0.15, -0.1) is 0 Å². The maximum atomic E-state index is 12.3. The van der Waals surface area contributed by atoms with Crippen molar-refractivity contribution in [3.8, 4) is 5.75 Å². The van der Waals surface area contributed by atoms with E-state index in [1.54, 1.807) is 24.3 Å². The van der Waals surface area contributed by atoms with Crippen LogP contribution in [0.5, 0.6) is 5.75 Å². The van der Waals surface area contributed by atoms with E-state index in [1.807, 2.05) is 42.5 Å². The number of ether oxygens (including phenoxy) is 2. The molecule has 30 heavy (non-hydrogen) atoms. The molecule has 0 atom stereocenters. The zero-order valence-corrected chi connectivity index (χ0v) is 17.6. The number of benzene rings is 3. The van der Waals surface area contributed by atoms with Crippen molar-refractivity contribution in [2.24, 2.45) is 0 Å². The molecule has 6 nitrogen and oxygen atoms in total. The lowest BCUT2D eigenvalue weighted by Gasteiger charge is -2.12. The molecule has 0 unspecified atom stereocenters. The number of sulfonamides is 1. The van der Waals surface area contributed by atoms with Gasteiger partial charge >= 0.3 is 5.97 Å². The van der Waals surface area contributed by atoms with Crippen LogP contribution in [0.3, 0.4) is 0 Å². The standard InChI is InChI=1S/C23H23NO5S/c1-24(2)30(26,27)22-10-6-7-19(15-22)17-29-23(25)20-13-11-18(12-14-20)16-28-21-8-4-3-5-9-21/h3-15H,16-17H2,1-2H3. The summed E-state index contributed by atoms with van der Waals surface area (Å²) in [6.45, 7) is 0.376. The van der Waals surface area contributed by atoms with Crippen LogP contribution >= 0.6 is 0 Å². The van der Waals surface area contributed by atoms with E-state index in [0.29, 0.717) is 17.7 Å². The van der Waals surface area contributed by atoms with Crippen molar-refractivity contribution in [3.05, 3.63) is 95.6 Å². The van der Waals surface area contributed by atoms with Crippen molar-refractivity contribution >= 4 is 16.0 Å². The minimum atomic E-state index is -3.54. The van der Waals surface area contributed by atoms with Crippen LogP contribution in [0.4, 0.5) is 0 Å². The quantitative estimate of drug-likeness (QED) is 0.512. The summed E-state index contributed by atoms with van der Waals surface area (Å²) in [6, 6.07) is 22.8. The highest BCUT2D eigenvalue weighted by Gasteiger charge is 2.17. The van der Waals surface area contributed by atoms with Crippen molar-refractivity contribution < 1.29 is 22.7 Å². The molecule has 0 amide bonds. The van der Waals surface area contributed by atoms with Crippen LogP contribution < -0.4 is 4.74 Å². The van der Waals surface area contributed by atoms with Crippen LogP contribution in [0.2, 0.25) is 0 Å². The molecule has 156 valence electrons. The summed E-state index contributed by atoms with van der Waals surface area (Å²) in [4.78, 5) is 12.5. The number of rotatable bonds is 8. The lowest BCUT2D eigenvalue weighted by atomic mass is 10.1. The molecular weight excluding hydrogens is 402 g/mol. The number of nitrogens with zero attached hydrogens (tertiary/aromatic N) is 1. The number of para-hydroxylation sites is 1. The third-order valence-electron chi connectivity index (χ3n) is 4.39. The predicted molar refractivity (Wildman–Crippen MR) is 114 cm³/mol. The van der Waals surface area contributed by atoms with E-state index < -0.39 is 16.0 Å². The lowest BCUT2D eigenvalue weighted by Crippen LogP contribution is -2.22. The summed E-state index contributed by atoms with van der Waals surface area (Å²) in [6.07, 6.45) is 0. The summed E-state index contributed by atoms with van der Waals surface area (Å²) in [5, 5.41) is 0. The average Bonchev–Trinajstić information content (AvgIpc) is 2.77. The molecule has 0 spiro atoms. The first-order valence-corrected chi connectivity index (χ1v) is 10.8. The van der Waals surface area contributed by atoms with Crippen LogP contribution in [0.1, 0.15) is 21.5 Å². The second kappa shape index (κ2) is 9.56. The fourth-order valence-corrected chi connectivity index (χ4v) is 3.63. The van der Waals surface area contributed by atoms with Crippen LogP contribution in [0.25, 0.3) is 0 Å². The van der Waals surface area contributed by atoms with E-state index in [0.717, 1.165) is 15.6 Å². The van der Waals surface area contributed by atoms with Crippen molar-refractivity contribution in [3.63, 3.8) is 0 Å². The molecule has 0 N–H and O–H groups in total. The Bertz CT molecular complexity index is 1090. The van der Waals surface area contributed by atoms with Gasteiger partial charge in [-0.2, -0.15) is 0 Å². The summed E-state index contributed by atoms with van der Waals surface area (Å²) in [5.74, 6) is 0.297. The molecule has 0 aliphatic rings. The molecule has 3 aromatic rings. The Morgan fingerprint density at radius 2 is 1.53 bits per heavy atom. The van der Waals surface area contributed by atoms with E-state index in [2.05, 4.69) is 0 Å². The minimum Gasteiger partial charge on any atom is -0.489 e. The summed E-state index contributed by atoms with van der Waals surface area (Å²) >= 11 is 0. The SMILES string of the molecule is CN(C)S(=O)(=O)c1cccc(COC(=O)c2ccc(COc3ccccc3)cc2)c1. The third kappa shape index (κ3) is 5.46. The zero-order valence-electron chi connectivity index (χ0n) is 16.8. The maximum absolute atomic E-state index is 12.3. The normalized spacial score (nSPS) is 11.3. The largest absolute Gasteiger partial charge is 0.489 e. The van der Waals surface area contributed by atoms with Crippen molar-refractivity contribution in [2.75, 3.05) is 14.1 Å². The second-order valence-corrected chi connectivity index (χ2v) is 8.96. The third-order valence-corrected chi connectivity index (χ3v) is 6.20. The number of carbonyl (C=O) groups excluding carboxylic acids is 1. The van der Waals surface area contributed by atoms with Gasteiger partial charge in [-0.1, -0.05) is 42.5 Å². The molecule has 0 aliphatic carbocycles. The summed E-state index contributed by atoms with van der Waals surface area (Å²) < 4.78 is 36.6. The molecule has 3 rings (SSSR count). The number of hydrogen-bond donors (Lipinski definition) is 0. The van der Waals surface area contributed by atoms with Gasteiger partial charge in [0, 0.05) is 14.1 Å². The van der Waals surface area contributed by atoms with E-state index in [-0.39, 0.29) is 11.5 Å². The highest BCUT2D eigenvalue weighted by atomic mass is 32.2. The molecule has 3 aromatic carbocycles. The van der Waals surface area contributed by atoms with Crippen LogP contribution in [0, 0.1) is 0 Å². The Kier molecular flexibility index (Phi) is 6.87. The van der Waals surface area contributed by atoms with Gasteiger partial charge in [0.15, 0.2) is 0 Å². The van der Waals surface area contributed by atoms with E-state index in [4.69, 9.17) is 9.47 Å². The smallest absolute Gasteiger partial charge is 0.338 e. The topological polar surface area (TPSA) is 72.9 Å². The molecule has 0 saturated heterocycles. The molecule has 0 radical (unpaired) electrons. The fourth-order valence-electron chi connectivity index (χ4n) is 2.66. The Hall–Kier alpha value is -3.16. The Morgan fingerprint density at radius 1 is 0.833 bits per heavy atom. The Labute approximate surface area is 176 Å². The molecule has 0 bridgehead atoms. The van der Waals surface area contributed by atoms with Crippen molar-refractivity contribution in [1.82, 2.24) is 4.31 Å². The van der Waals surface area contributed by atoms with Crippen LogP contribution in [-0.4, -0.2) is 32.8 Å². The average molecular weight is 426 g/mol. The number of esters is 1. The first kappa shape index (κ1) is 21.5. The van der Waals surface area contributed by atoms with E-state index >= 15 is 0 Å². The number of hydrogen-bond acceptors (Lipinski definition) is 5.